The summed E-state index contributed by atoms with van der Waals surface area (Å²) in [6, 6.07) is 1.37. The normalized spacial score (nSPS) is 23.1. The number of hydrogen-bond donors (Lipinski definition) is 1. The SMILES string of the molecule is [B]C1([B])Cc2sc(C(=O)O)cc2C([B])([B])C1([B])[B]. The van der Waals surface area contributed by atoms with E-state index in [1.165, 1.54) is 6.07 Å². The van der Waals surface area contributed by atoms with E-state index in [9.17, 15) is 4.79 Å². The average molecular weight is 241 g/mol. The Balaban J connectivity index is 2.66. The van der Waals surface area contributed by atoms with E-state index in [1.807, 2.05) is 0 Å². The van der Waals surface area contributed by atoms with E-state index in [4.69, 9.17) is 52.2 Å². The molecule has 0 unspecified atom stereocenters. The van der Waals surface area contributed by atoms with Gasteiger partial charge >= 0.3 is 5.97 Å². The molecule has 0 spiro atoms. The van der Waals surface area contributed by atoms with E-state index < -0.39 is 21.6 Å². The Bertz CT molecular complexity index is 521. The van der Waals surface area contributed by atoms with Gasteiger partial charge in [-0.25, -0.2) is 4.79 Å². The highest BCUT2D eigenvalue weighted by Crippen LogP contribution is 2.60. The van der Waals surface area contributed by atoms with Crippen molar-refractivity contribution in [3.05, 3.63) is 21.4 Å². The first kappa shape index (κ1) is 14.0. The van der Waals surface area contributed by atoms with Gasteiger partial charge < -0.3 is 5.11 Å². The summed E-state index contributed by atoms with van der Waals surface area (Å²) in [5, 5.41) is 3.98. The van der Waals surface area contributed by atoms with Crippen molar-refractivity contribution >= 4 is 64.4 Å². The van der Waals surface area contributed by atoms with Crippen LogP contribution in [0.3, 0.4) is 0 Å². The zero-order valence-corrected chi connectivity index (χ0v) is 10.3. The predicted molar refractivity (Wildman–Crippen MR) is 76.6 cm³/mol. The number of carboxylic acid groups (broad SMARTS) is 1. The van der Waals surface area contributed by atoms with Crippen molar-refractivity contribution in [1.82, 2.24) is 0 Å². The zero-order valence-electron chi connectivity index (χ0n) is 9.51. The third-order valence-electron chi connectivity index (χ3n) is 3.37. The number of hydrogen-bond acceptors (Lipinski definition) is 2. The molecule has 1 heterocycles. The summed E-state index contributed by atoms with van der Waals surface area (Å²) in [7, 11) is 35.3. The van der Waals surface area contributed by atoms with Crippen LogP contribution in [0, 0.1) is 0 Å². The van der Waals surface area contributed by atoms with E-state index in [1.54, 1.807) is 0 Å². The molecule has 1 aromatic rings. The van der Waals surface area contributed by atoms with Gasteiger partial charge in [-0.2, -0.15) is 0 Å². The lowest BCUT2D eigenvalue weighted by atomic mass is 9.15. The average Bonchev–Trinajstić information content (AvgIpc) is 2.59. The lowest BCUT2D eigenvalue weighted by molar-refractivity contribution is 0.0702. The molecule has 0 saturated heterocycles. The monoisotopic (exact) mass is 242 g/mol. The Hall–Kier alpha value is -0.440. The Labute approximate surface area is 118 Å². The minimum Gasteiger partial charge on any atom is -0.477 e. The van der Waals surface area contributed by atoms with Crippen molar-refractivity contribution in [2.24, 2.45) is 0 Å². The molecule has 1 N–H and O–H groups in total. The fraction of sp³-hybridized carbons (Fsp3) is 0.444. The highest BCUT2D eigenvalue weighted by molar-refractivity contribution is 7.14. The van der Waals surface area contributed by atoms with Crippen molar-refractivity contribution in [3.8, 4) is 0 Å². The molecule has 1 aromatic heterocycles. The fourth-order valence-corrected chi connectivity index (χ4v) is 3.21. The van der Waals surface area contributed by atoms with Crippen molar-refractivity contribution in [2.75, 3.05) is 0 Å². The van der Waals surface area contributed by atoms with E-state index in [2.05, 4.69) is 0 Å². The van der Waals surface area contributed by atoms with Crippen molar-refractivity contribution in [2.45, 2.75) is 22.1 Å². The Morgan fingerprint density at radius 3 is 2.28 bits per heavy atom. The summed E-state index contributed by atoms with van der Waals surface area (Å²) in [5.41, 5.74) is 0.376. The summed E-state index contributed by atoms with van der Waals surface area (Å²) < 4.78 is 0. The van der Waals surface area contributed by atoms with Crippen LogP contribution in [0.15, 0.2) is 6.07 Å². The van der Waals surface area contributed by atoms with Crippen LogP contribution in [0.4, 0.5) is 0 Å². The molecule has 0 amide bonds. The molecule has 1 aliphatic carbocycles. The highest BCUT2D eigenvalue weighted by atomic mass is 32.1. The Morgan fingerprint density at radius 2 is 1.78 bits per heavy atom. The van der Waals surface area contributed by atoms with Crippen LogP contribution in [-0.4, -0.2) is 58.2 Å². The summed E-state index contributed by atoms with van der Waals surface area (Å²) in [5.74, 6) is -1.08. The van der Waals surface area contributed by atoms with Gasteiger partial charge in [0.2, 0.25) is 0 Å². The van der Waals surface area contributed by atoms with E-state index in [0.717, 1.165) is 11.3 Å². The maximum atomic E-state index is 11.0. The molecule has 0 fully saturated rings. The number of rotatable bonds is 1. The van der Waals surface area contributed by atoms with Gasteiger partial charge in [0, 0.05) is 4.88 Å². The molecule has 0 aliphatic heterocycles. The molecule has 0 atom stereocenters. The largest absolute Gasteiger partial charge is 0.477 e. The van der Waals surface area contributed by atoms with Crippen LogP contribution in [-0.2, 0) is 11.6 Å². The first-order valence-electron chi connectivity index (χ1n) is 5.10. The van der Waals surface area contributed by atoms with Crippen molar-refractivity contribution in [3.63, 3.8) is 0 Å². The molecule has 2 rings (SSSR count). The lowest BCUT2D eigenvalue weighted by Crippen LogP contribution is -2.54. The summed E-state index contributed by atoms with van der Waals surface area (Å²) in [6.45, 7) is 0. The van der Waals surface area contributed by atoms with Crippen LogP contribution < -0.4 is 0 Å². The summed E-state index contributed by atoms with van der Waals surface area (Å²) in [6.07, 6.45) is 0.115. The number of carboxylic acids is 1. The molecule has 0 bridgehead atoms. The molecule has 2 nitrogen and oxygen atoms in total. The van der Waals surface area contributed by atoms with Gasteiger partial charge in [-0.1, -0.05) is 5.21 Å². The molecule has 0 aromatic carbocycles. The first-order chi connectivity index (χ1) is 8.00. The standard InChI is InChI=1S/C9H4B6O2S/c10-7(11)2-5-3(1-4(18-5)6(16)17)8(12,13)9(7,14)15/h1H,2H2,(H,16,17). The van der Waals surface area contributed by atoms with Crippen molar-refractivity contribution in [1.29, 1.82) is 0 Å². The summed E-state index contributed by atoms with van der Waals surface area (Å²) >= 11 is 1.02. The molecule has 18 heavy (non-hydrogen) atoms. The van der Waals surface area contributed by atoms with E-state index >= 15 is 0 Å². The first-order valence-corrected chi connectivity index (χ1v) is 5.92. The number of thiophene rings is 1. The number of fused-ring (bicyclic) bond motifs is 1. The van der Waals surface area contributed by atoms with E-state index in [0.29, 0.717) is 10.4 Å². The maximum Gasteiger partial charge on any atom is 0.345 e. The minimum atomic E-state index is -1.76. The van der Waals surface area contributed by atoms with Crippen LogP contribution >= 0.6 is 11.3 Å². The van der Waals surface area contributed by atoms with Gasteiger partial charge in [-0.05, 0) is 18.1 Å². The smallest absolute Gasteiger partial charge is 0.345 e. The van der Waals surface area contributed by atoms with Crippen molar-refractivity contribution < 1.29 is 9.90 Å². The van der Waals surface area contributed by atoms with Crippen LogP contribution in [0.5, 0.6) is 0 Å². The number of carbonyl (C=O) groups is 1. The van der Waals surface area contributed by atoms with Gasteiger partial charge in [-0.15, -0.1) is 21.8 Å². The Kier molecular flexibility index (Phi) is 2.94. The second-order valence-electron chi connectivity index (χ2n) is 4.71. The van der Waals surface area contributed by atoms with Gasteiger partial charge in [0.05, 0.1) is 47.1 Å². The molecule has 76 valence electrons. The second-order valence-corrected chi connectivity index (χ2v) is 5.84. The molecular formula is C9H4B6O2S. The lowest BCUT2D eigenvalue weighted by Gasteiger charge is -2.59. The van der Waals surface area contributed by atoms with Gasteiger partial charge in [0.15, 0.2) is 0 Å². The molecule has 9 heteroatoms. The molecule has 0 saturated carbocycles. The zero-order chi connectivity index (χ0) is 13.9. The fourth-order valence-electron chi connectivity index (χ4n) is 2.04. The van der Waals surface area contributed by atoms with Crippen LogP contribution in [0.2, 0.25) is 10.4 Å². The topological polar surface area (TPSA) is 37.3 Å². The van der Waals surface area contributed by atoms with Gasteiger partial charge in [0.25, 0.3) is 0 Å². The number of aromatic carboxylic acids is 1. The van der Waals surface area contributed by atoms with Crippen LogP contribution in [0.25, 0.3) is 0 Å². The highest BCUT2D eigenvalue weighted by Gasteiger charge is 2.50. The van der Waals surface area contributed by atoms with E-state index in [-0.39, 0.29) is 11.3 Å². The second kappa shape index (κ2) is 3.78. The molecular weight excluding hydrogens is 237 g/mol. The summed E-state index contributed by atoms with van der Waals surface area (Å²) in [4.78, 5) is 11.6. The van der Waals surface area contributed by atoms with Gasteiger partial charge in [-0.3, -0.25) is 0 Å². The third kappa shape index (κ3) is 1.66. The minimum absolute atomic E-state index is 0.0915. The Morgan fingerprint density at radius 1 is 1.22 bits per heavy atom. The molecule has 12 radical (unpaired) electrons. The molecule has 1 aliphatic rings. The predicted octanol–water partition coefficient (Wildman–Crippen LogP) is -0.601. The van der Waals surface area contributed by atoms with Gasteiger partial charge in [0.1, 0.15) is 4.88 Å². The third-order valence-corrected chi connectivity index (χ3v) is 4.50. The quantitative estimate of drug-likeness (QED) is 0.666. The maximum absolute atomic E-state index is 11.0. The van der Waals surface area contributed by atoms with Crippen LogP contribution in [0.1, 0.15) is 20.1 Å².